The number of benzene rings is 1. The molecule has 0 saturated carbocycles. The normalized spacial score (nSPS) is 21.2. The fourth-order valence-corrected chi connectivity index (χ4v) is 3.45. The summed E-state index contributed by atoms with van der Waals surface area (Å²) in [5, 5.41) is 2.82. The van der Waals surface area contributed by atoms with Crippen molar-refractivity contribution in [3.8, 4) is 0 Å². The summed E-state index contributed by atoms with van der Waals surface area (Å²) in [5.41, 5.74) is 1.86. The van der Waals surface area contributed by atoms with Crippen molar-refractivity contribution in [2.75, 3.05) is 26.2 Å². The highest BCUT2D eigenvalue weighted by Crippen LogP contribution is 2.19. The fraction of sp³-hybridized carbons (Fsp3) is 0.412. The maximum atomic E-state index is 12.8. The van der Waals surface area contributed by atoms with Crippen LogP contribution in [0.4, 0.5) is 4.79 Å². The van der Waals surface area contributed by atoms with E-state index in [4.69, 9.17) is 0 Å². The molecule has 124 valence electrons. The van der Waals surface area contributed by atoms with E-state index in [-0.39, 0.29) is 18.0 Å². The quantitative estimate of drug-likeness (QED) is 0.901. The van der Waals surface area contributed by atoms with Crippen LogP contribution in [0.15, 0.2) is 30.5 Å². The molecule has 0 bridgehead atoms. The molecule has 0 radical (unpaired) electrons. The van der Waals surface area contributed by atoms with Crippen molar-refractivity contribution in [1.29, 1.82) is 0 Å². The maximum Gasteiger partial charge on any atom is 0.317 e. The van der Waals surface area contributed by atoms with Gasteiger partial charge in [-0.15, -0.1) is 0 Å². The molecular weight excluding hydrogens is 306 g/mol. The second-order valence-corrected chi connectivity index (χ2v) is 6.22. The van der Waals surface area contributed by atoms with Gasteiger partial charge in [0, 0.05) is 26.2 Å². The summed E-state index contributed by atoms with van der Waals surface area (Å²) in [5.74, 6) is -0.113. The van der Waals surface area contributed by atoms with Gasteiger partial charge in [-0.2, -0.15) is 0 Å². The van der Waals surface area contributed by atoms with Gasteiger partial charge < -0.3 is 15.1 Å². The van der Waals surface area contributed by atoms with Gasteiger partial charge in [0.25, 0.3) is 5.91 Å². The van der Waals surface area contributed by atoms with E-state index in [0.29, 0.717) is 31.9 Å². The summed E-state index contributed by atoms with van der Waals surface area (Å²) < 4.78 is 0. The SMILES string of the molecule is O=C(c1cnc2ccccc2n1)N1CCC[C@@H](N2CCNC2=O)C1. The first-order chi connectivity index (χ1) is 11.7. The van der Waals surface area contributed by atoms with Gasteiger partial charge in [0.05, 0.1) is 23.3 Å². The second-order valence-electron chi connectivity index (χ2n) is 6.22. The monoisotopic (exact) mass is 325 g/mol. The van der Waals surface area contributed by atoms with Crippen molar-refractivity contribution in [1.82, 2.24) is 25.1 Å². The molecule has 0 spiro atoms. The van der Waals surface area contributed by atoms with Crippen LogP contribution in [0.5, 0.6) is 0 Å². The van der Waals surface area contributed by atoms with E-state index >= 15 is 0 Å². The number of para-hydroxylation sites is 2. The molecule has 3 heterocycles. The lowest BCUT2D eigenvalue weighted by molar-refractivity contribution is 0.0628. The van der Waals surface area contributed by atoms with Gasteiger partial charge in [-0.3, -0.25) is 9.78 Å². The van der Waals surface area contributed by atoms with Gasteiger partial charge in [-0.05, 0) is 25.0 Å². The van der Waals surface area contributed by atoms with E-state index in [2.05, 4.69) is 15.3 Å². The topological polar surface area (TPSA) is 78.4 Å². The second kappa shape index (κ2) is 6.07. The number of aromatic nitrogens is 2. The summed E-state index contributed by atoms with van der Waals surface area (Å²) in [7, 11) is 0. The Bertz CT molecular complexity index is 793. The predicted octanol–water partition coefficient (Wildman–Crippen LogP) is 1.26. The van der Waals surface area contributed by atoms with Crippen LogP contribution in [-0.4, -0.2) is 63.9 Å². The number of piperidine rings is 1. The molecular formula is C17H19N5O2. The highest BCUT2D eigenvalue weighted by molar-refractivity contribution is 5.94. The van der Waals surface area contributed by atoms with Crippen LogP contribution in [-0.2, 0) is 0 Å². The van der Waals surface area contributed by atoms with Gasteiger partial charge in [-0.1, -0.05) is 12.1 Å². The van der Waals surface area contributed by atoms with Crippen LogP contribution in [0.3, 0.4) is 0 Å². The highest BCUT2D eigenvalue weighted by Gasteiger charge is 2.33. The van der Waals surface area contributed by atoms with Crippen LogP contribution in [0.1, 0.15) is 23.3 Å². The average molecular weight is 325 g/mol. The summed E-state index contributed by atoms with van der Waals surface area (Å²) in [6, 6.07) is 7.56. The molecule has 7 heteroatoms. The summed E-state index contributed by atoms with van der Waals surface area (Å²) in [6.07, 6.45) is 3.36. The number of likely N-dealkylation sites (tertiary alicyclic amines) is 1. The first kappa shape index (κ1) is 14.9. The summed E-state index contributed by atoms with van der Waals surface area (Å²) in [6.45, 7) is 2.64. The zero-order valence-corrected chi connectivity index (χ0v) is 13.3. The number of fused-ring (bicyclic) bond motifs is 1. The Morgan fingerprint density at radius 1 is 1.21 bits per heavy atom. The van der Waals surface area contributed by atoms with Gasteiger partial charge in [0.15, 0.2) is 0 Å². The van der Waals surface area contributed by atoms with Crippen molar-refractivity contribution >= 4 is 23.0 Å². The Kier molecular flexibility index (Phi) is 3.76. The fourth-order valence-electron chi connectivity index (χ4n) is 3.45. The lowest BCUT2D eigenvalue weighted by Gasteiger charge is -2.36. The zero-order valence-electron chi connectivity index (χ0n) is 13.3. The van der Waals surface area contributed by atoms with Crippen molar-refractivity contribution in [2.45, 2.75) is 18.9 Å². The third kappa shape index (κ3) is 2.66. The number of nitrogens with one attached hydrogen (secondary N) is 1. The van der Waals surface area contributed by atoms with Gasteiger partial charge in [-0.25, -0.2) is 9.78 Å². The number of nitrogens with zero attached hydrogens (tertiary/aromatic N) is 4. The van der Waals surface area contributed by atoms with Crippen LogP contribution >= 0.6 is 0 Å². The van der Waals surface area contributed by atoms with Crippen molar-refractivity contribution in [3.63, 3.8) is 0 Å². The number of rotatable bonds is 2. The van der Waals surface area contributed by atoms with Crippen LogP contribution in [0.2, 0.25) is 0 Å². The number of hydrogen-bond donors (Lipinski definition) is 1. The van der Waals surface area contributed by atoms with Gasteiger partial charge in [0.2, 0.25) is 0 Å². The molecule has 1 aromatic heterocycles. The van der Waals surface area contributed by atoms with Crippen molar-refractivity contribution in [2.24, 2.45) is 0 Å². The largest absolute Gasteiger partial charge is 0.336 e. The summed E-state index contributed by atoms with van der Waals surface area (Å²) >= 11 is 0. The smallest absolute Gasteiger partial charge is 0.317 e. The molecule has 2 aliphatic heterocycles. The Morgan fingerprint density at radius 2 is 2.04 bits per heavy atom. The van der Waals surface area contributed by atoms with Crippen molar-refractivity contribution < 1.29 is 9.59 Å². The summed E-state index contributed by atoms with van der Waals surface area (Å²) in [4.78, 5) is 37.0. The Labute approximate surface area is 139 Å². The number of hydrogen-bond acceptors (Lipinski definition) is 4. The first-order valence-corrected chi connectivity index (χ1v) is 8.28. The standard InChI is InChI=1S/C17H19N5O2/c23-16(15-10-19-13-5-1-2-6-14(13)20-15)21-8-3-4-12(11-21)22-9-7-18-17(22)24/h1-2,5-6,10,12H,3-4,7-9,11H2,(H,18,24)/t12-/m1/s1. The number of carbonyl (C=O) groups is 2. The Balaban J connectivity index is 1.53. The van der Waals surface area contributed by atoms with E-state index < -0.39 is 0 Å². The zero-order chi connectivity index (χ0) is 16.5. The minimum Gasteiger partial charge on any atom is -0.336 e. The molecule has 2 aromatic rings. The van der Waals surface area contributed by atoms with Crippen LogP contribution in [0, 0.1) is 0 Å². The van der Waals surface area contributed by atoms with E-state index in [1.807, 2.05) is 29.2 Å². The van der Waals surface area contributed by atoms with Crippen molar-refractivity contribution in [3.05, 3.63) is 36.2 Å². The predicted molar refractivity (Wildman–Crippen MR) is 88.6 cm³/mol. The van der Waals surface area contributed by atoms with E-state index in [9.17, 15) is 9.59 Å². The number of carbonyl (C=O) groups excluding carboxylic acids is 2. The van der Waals surface area contributed by atoms with E-state index in [1.54, 1.807) is 4.90 Å². The third-order valence-electron chi connectivity index (χ3n) is 4.68. The highest BCUT2D eigenvalue weighted by atomic mass is 16.2. The molecule has 2 saturated heterocycles. The molecule has 0 aliphatic carbocycles. The Morgan fingerprint density at radius 3 is 2.83 bits per heavy atom. The third-order valence-corrected chi connectivity index (χ3v) is 4.68. The molecule has 2 aliphatic rings. The van der Waals surface area contributed by atoms with Gasteiger partial charge in [0.1, 0.15) is 5.69 Å². The molecule has 4 rings (SSSR count). The number of amides is 3. The minimum atomic E-state index is -0.113. The van der Waals surface area contributed by atoms with E-state index in [1.165, 1.54) is 6.20 Å². The molecule has 3 amide bonds. The molecule has 1 N–H and O–H groups in total. The molecule has 7 nitrogen and oxygen atoms in total. The Hall–Kier alpha value is -2.70. The molecule has 0 unspecified atom stereocenters. The van der Waals surface area contributed by atoms with E-state index in [0.717, 1.165) is 23.9 Å². The van der Waals surface area contributed by atoms with Crippen LogP contribution in [0.25, 0.3) is 11.0 Å². The van der Waals surface area contributed by atoms with Gasteiger partial charge >= 0.3 is 6.03 Å². The van der Waals surface area contributed by atoms with Crippen LogP contribution < -0.4 is 5.32 Å². The lowest BCUT2D eigenvalue weighted by atomic mass is 10.0. The maximum absolute atomic E-state index is 12.8. The lowest BCUT2D eigenvalue weighted by Crippen LogP contribution is -2.50. The molecule has 1 atom stereocenters. The minimum absolute atomic E-state index is 0.0280. The molecule has 1 aromatic carbocycles. The average Bonchev–Trinajstić information content (AvgIpc) is 3.07. The first-order valence-electron chi connectivity index (χ1n) is 8.28. The molecule has 2 fully saturated rings. The molecule has 24 heavy (non-hydrogen) atoms. The number of urea groups is 1.